The summed E-state index contributed by atoms with van der Waals surface area (Å²) >= 11 is 3.46. The SMILES string of the molecule is COc1ccc(Br)c(COc2cccc(C(N)=O)c2)c1. The Morgan fingerprint density at radius 3 is 2.70 bits per heavy atom. The first-order chi connectivity index (χ1) is 9.60. The maximum atomic E-state index is 11.1. The molecule has 0 aromatic heterocycles. The quantitative estimate of drug-likeness (QED) is 0.912. The summed E-state index contributed by atoms with van der Waals surface area (Å²) in [6, 6.07) is 12.4. The lowest BCUT2D eigenvalue weighted by Gasteiger charge is -2.10. The first-order valence-corrected chi connectivity index (χ1v) is 6.74. The fraction of sp³-hybridized carbons (Fsp3) is 0.133. The molecule has 0 aliphatic rings. The third kappa shape index (κ3) is 3.51. The van der Waals surface area contributed by atoms with Crippen molar-refractivity contribution in [2.24, 2.45) is 5.73 Å². The van der Waals surface area contributed by atoms with Gasteiger partial charge in [-0.1, -0.05) is 22.0 Å². The second kappa shape index (κ2) is 6.43. The smallest absolute Gasteiger partial charge is 0.248 e. The second-order valence-electron chi connectivity index (χ2n) is 4.14. The number of primary amides is 1. The summed E-state index contributed by atoms with van der Waals surface area (Å²) in [4.78, 5) is 11.1. The van der Waals surface area contributed by atoms with Gasteiger partial charge in [-0.3, -0.25) is 4.79 Å². The van der Waals surface area contributed by atoms with Gasteiger partial charge >= 0.3 is 0 Å². The molecule has 5 heteroatoms. The molecule has 0 bridgehead atoms. The molecule has 0 saturated carbocycles. The van der Waals surface area contributed by atoms with Crippen LogP contribution in [0.1, 0.15) is 15.9 Å². The van der Waals surface area contributed by atoms with E-state index in [0.29, 0.717) is 17.9 Å². The van der Waals surface area contributed by atoms with Gasteiger partial charge < -0.3 is 15.2 Å². The Kier molecular flexibility index (Phi) is 4.63. The Morgan fingerprint density at radius 2 is 2.00 bits per heavy atom. The van der Waals surface area contributed by atoms with E-state index in [4.69, 9.17) is 15.2 Å². The fourth-order valence-corrected chi connectivity index (χ4v) is 2.05. The van der Waals surface area contributed by atoms with Gasteiger partial charge in [-0.2, -0.15) is 0 Å². The average molecular weight is 336 g/mol. The number of hydrogen-bond acceptors (Lipinski definition) is 3. The fourth-order valence-electron chi connectivity index (χ4n) is 1.69. The van der Waals surface area contributed by atoms with E-state index in [-0.39, 0.29) is 0 Å². The van der Waals surface area contributed by atoms with Gasteiger partial charge in [0.05, 0.1) is 7.11 Å². The molecule has 0 spiro atoms. The Morgan fingerprint density at radius 1 is 1.20 bits per heavy atom. The van der Waals surface area contributed by atoms with Crippen molar-refractivity contribution in [3.63, 3.8) is 0 Å². The van der Waals surface area contributed by atoms with Crippen molar-refractivity contribution in [3.8, 4) is 11.5 Å². The van der Waals surface area contributed by atoms with Gasteiger partial charge in [0.25, 0.3) is 0 Å². The lowest BCUT2D eigenvalue weighted by atomic mass is 10.2. The molecule has 0 unspecified atom stereocenters. The van der Waals surface area contributed by atoms with Gasteiger partial charge in [0.1, 0.15) is 18.1 Å². The predicted octanol–water partition coefficient (Wildman–Crippen LogP) is 3.14. The van der Waals surface area contributed by atoms with Gasteiger partial charge in [0.15, 0.2) is 0 Å². The minimum absolute atomic E-state index is 0.361. The summed E-state index contributed by atoms with van der Waals surface area (Å²) in [6.45, 7) is 0.361. The highest BCUT2D eigenvalue weighted by atomic mass is 79.9. The highest BCUT2D eigenvalue weighted by molar-refractivity contribution is 9.10. The number of halogens is 1. The van der Waals surface area contributed by atoms with E-state index >= 15 is 0 Å². The van der Waals surface area contributed by atoms with Crippen molar-refractivity contribution in [1.82, 2.24) is 0 Å². The first-order valence-electron chi connectivity index (χ1n) is 5.95. The molecule has 20 heavy (non-hydrogen) atoms. The molecule has 0 aliphatic heterocycles. The summed E-state index contributed by atoms with van der Waals surface area (Å²) < 4.78 is 11.8. The van der Waals surface area contributed by atoms with Crippen molar-refractivity contribution in [2.75, 3.05) is 7.11 Å². The molecule has 0 atom stereocenters. The third-order valence-corrected chi connectivity index (χ3v) is 3.54. The topological polar surface area (TPSA) is 61.6 Å². The van der Waals surface area contributed by atoms with Gasteiger partial charge in [0, 0.05) is 15.6 Å². The molecule has 104 valence electrons. The molecule has 0 fully saturated rings. The van der Waals surface area contributed by atoms with Gasteiger partial charge in [-0.25, -0.2) is 0 Å². The van der Waals surface area contributed by atoms with Crippen molar-refractivity contribution < 1.29 is 14.3 Å². The van der Waals surface area contributed by atoms with Crippen LogP contribution in [-0.4, -0.2) is 13.0 Å². The predicted molar refractivity (Wildman–Crippen MR) is 80.0 cm³/mol. The Balaban J connectivity index is 2.12. The summed E-state index contributed by atoms with van der Waals surface area (Å²) in [6.07, 6.45) is 0. The maximum Gasteiger partial charge on any atom is 0.248 e. The van der Waals surface area contributed by atoms with E-state index in [1.165, 1.54) is 0 Å². The Hall–Kier alpha value is -2.01. The van der Waals surface area contributed by atoms with E-state index < -0.39 is 5.91 Å². The molecule has 2 aromatic rings. The van der Waals surface area contributed by atoms with Gasteiger partial charge in [-0.15, -0.1) is 0 Å². The van der Waals surface area contributed by atoms with Crippen LogP contribution in [0, 0.1) is 0 Å². The average Bonchev–Trinajstić information content (AvgIpc) is 2.46. The number of methoxy groups -OCH3 is 1. The van der Waals surface area contributed by atoms with Crippen molar-refractivity contribution in [3.05, 3.63) is 58.1 Å². The zero-order valence-electron chi connectivity index (χ0n) is 10.9. The summed E-state index contributed by atoms with van der Waals surface area (Å²) in [5.74, 6) is 0.881. The number of benzene rings is 2. The zero-order chi connectivity index (χ0) is 14.5. The van der Waals surface area contributed by atoms with Crippen molar-refractivity contribution >= 4 is 21.8 Å². The van der Waals surface area contributed by atoms with Crippen LogP contribution < -0.4 is 15.2 Å². The van der Waals surface area contributed by atoms with Crippen LogP contribution in [0.2, 0.25) is 0 Å². The molecule has 2 rings (SSSR count). The minimum atomic E-state index is -0.474. The van der Waals surface area contributed by atoms with E-state index in [2.05, 4.69) is 15.9 Å². The Bertz CT molecular complexity index is 628. The van der Waals surface area contributed by atoms with E-state index in [0.717, 1.165) is 15.8 Å². The summed E-state index contributed by atoms with van der Waals surface area (Å²) in [5.41, 5.74) is 6.61. The van der Waals surface area contributed by atoms with Crippen molar-refractivity contribution in [2.45, 2.75) is 6.61 Å². The Labute approximate surface area is 125 Å². The van der Waals surface area contributed by atoms with Crippen LogP contribution in [0.5, 0.6) is 11.5 Å². The standard InChI is InChI=1S/C15H14BrNO3/c1-19-12-5-6-14(16)11(8-12)9-20-13-4-2-3-10(7-13)15(17)18/h2-8H,9H2,1H3,(H2,17,18). The summed E-state index contributed by atoms with van der Waals surface area (Å²) in [5, 5.41) is 0. The lowest BCUT2D eigenvalue weighted by molar-refractivity contribution is 0.1000. The van der Waals surface area contributed by atoms with Crippen LogP contribution in [0.3, 0.4) is 0 Å². The van der Waals surface area contributed by atoms with Crippen LogP contribution >= 0.6 is 15.9 Å². The monoisotopic (exact) mass is 335 g/mol. The molecule has 0 radical (unpaired) electrons. The van der Waals surface area contributed by atoms with Gasteiger partial charge in [-0.05, 0) is 36.4 Å². The maximum absolute atomic E-state index is 11.1. The minimum Gasteiger partial charge on any atom is -0.497 e. The van der Waals surface area contributed by atoms with E-state index in [1.54, 1.807) is 31.4 Å². The van der Waals surface area contributed by atoms with Crippen molar-refractivity contribution in [1.29, 1.82) is 0 Å². The molecular formula is C15H14BrNO3. The molecule has 1 amide bonds. The second-order valence-corrected chi connectivity index (χ2v) is 4.99. The first kappa shape index (κ1) is 14.4. The number of nitrogens with two attached hydrogens (primary N) is 1. The normalized spacial score (nSPS) is 10.1. The molecule has 0 heterocycles. The highest BCUT2D eigenvalue weighted by Crippen LogP contribution is 2.24. The van der Waals surface area contributed by atoms with Crippen LogP contribution in [0.25, 0.3) is 0 Å². The van der Waals surface area contributed by atoms with Crippen LogP contribution in [0.15, 0.2) is 46.9 Å². The summed E-state index contributed by atoms with van der Waals surface area (Å²) in [7, 11) is 1.62. The molecule has 0 aliphatic carbocycles. The lowest BCUT2D eigenvalue weighted by Crippen LogP contribution is -2.10. The molecule has 2 aromatic carbocycles. The number of amides is 1. The number of ether oxygens (including phenoxy) is 2. The highest BCUT2D eigenvalue weighted by Gasteiger charge is 2.05. The third-order valence-electron chi connectivity index (χ3n) is 2.77. The number of carbonyl (C=O) groups is 1. The zero-order valence-corrected chi connectivity index (χ0v) is 12.5. The van der Waals surface area contributed by atoms with Crippen LogP contribution in [-0.2, 0) is 6.61 Å². The number of carbonyl (C=O) groups excluding carboxylic acids is 1. The molecular weight excluding hydrogens is 322 g/mol. The van der Waals surface area contributed by atoms with Crippen LogP contribution in [0.4, 0.5) is 0 Å². The molecule has 0 saturated heterocycles. The van der Waals surface area contributed by atoms with E-state index in [9.17, 15) is 4.79 Å². The van der Waals surface area contributed by atoms with E-state index in [1.807, 2.05) is 18.2 Å². The molecule has 2 N–H and O–H groups in total. The largest absolute Gasteiger partial charge is 0.497 e. The molecule has 4 nitrogen and oxygen atoms in total. The number of rotatable bonds is 5. The van der Waals surface area contributed by atoms with Gasteiger partial charge in [0.2, 0.25) is 5.91 Å². The number of hydrogen-bond donors (Lipinski definition) is 1.